The van der Waals surface area contributed by atoms with Crippen LogP contribution in [0.3, 0.4) is 0 Å². The second-order valence-corrected chi connectivity index (χ2v) is 7.46. The minimum absolute atomic E-state index is 0.106. The van der Waals surface area contributed by atoms with Gasteiger partial charge in [0.15, 0.2) is 4.34 Å². The maximum Gasteiger partial charge on any atom is 0.311 e. The first-order chi connectivity index (χ1) is 11.5. The first kappa shape index (κ1) is 18.7. The van der Waals surface area contributed by atoms with Crippen molar-refractivity contribution in [2.45, 2.75) is 43.0 Å². The zero-order chi connectivity index (χ0) is 17.5. The van der Waals surface area contributed by atoms with Gasteiger partial charge in [-0.25, -0.2) is 4.98 Å². The number of carbonyl (C=O) groups excluding carboxylic acids is 3. The van der Waals surface area contributed by atoms with Crippen LogP contribution in [0.2, 0.25) is 0 Å². The van der Waals surface area contributed by atoms with Gasteiger partial charge in [0.05, 0.1) is 24.5 Å². The third kappa shape index (κ3) is 5.20. The number of esters is 1. The average Bonchev–Trinajstić information content (AvgIpc) is 3.00. The number of thioether (sulfide) groups is 1. The number of piperidine rings is 1. The van der Waals surface area contributed by atoms with E-state index in [-0.39, 0.29) is 24.1 Å². The lowest BCUT2D eigenvalue weighted by Crippen LogP contribution is -2.51. The molecule has 9 heteroatoms. The lowest BCUT2D eigenvalue weighted by Gasteiger charge is -2.33. The molecule has 0 spiro atoms. The van der Waals surface area contributed by atoms with E-state index in [0.29, 0.717) is 25.3 Å². The molecule has 1 aliphatic heterocycles. The maximum atomic E-state index is 12.4. The van der Waals surface area contributed by atoms with E-state index in [9.17, 15) is 14.4 Å². The fraction of sp³-hybridized carbons (Fsp3) is 0.600. The summed E-state index contributed by atoms with van der Waals surface area (Å²) in [5.74, 6) is -0.659. The van der Waals surface area contributed by atoms with Crippen LogP contribution in [0.1, 0.15) is 31.9 Å². The highest BCUT2D eigenvalue weighted by Crippen LogP contribution is 2.25. The van der Waals surface area contributed by atoms with Gasteiger partial charge < -0.3 is 15.4 Å². The number of carbonyl (C=O) groups is 3. The average molecular weight is 371 g/mol. The SMILES string of the molecule is CCOC(=O)Cc1csc(SCC(=O)N2CCCC[C@@H]2C(N)=O)n1. The van der Waals surface area contributed by atoms with E-state index >= 15 is 0 Å². The maximum absolute atomic E-state index is 12.4. The normalized spacial score (nSPS) is 17.5. The van der Waals surface area contributed by atoms with Crippen molar-refractivity contribution in [2.75, 3.05) is 18.9 Å². The Kier molecular flexibility index (Phi) is 7.04. The lowest BCUT2D eigenvalue weighted by atomic mass is 10.0. The van der Waals surface area contributed by atoms with Crippen molar-refractivity contribution >= 4 is 40.9 Å². The molecule has 2 rings (SSSR count). The van der Waals surface area contributed by atoms with Crippen LogP contribution in [-0.4, -0.2) is 52.6 Å². The van der Waals surface area contributed by atoms with E-state index in [0.717, 1.165) is 17.2 Å². The summed E-state index contributed by atoms with van der Waals surface area (Å²) < 4.78 is 5.60. The van der Waals surface area contributed by atoms with Gasteiger partial charge in [0.25, 0.3) is 0 Å². The van der Waals surface area contributed by atoms with Gasteiger partial charge in [-0.3, -0.25) is 14.4 Å². The minimum atomic E-state index is -0.498. The second-order valence-electron chi connectivity index (χ2n) is 5.38. The van der Waals surface area contributed by atoms with Crippen LogP contribution in [-0.2, 0) is 25.5 Å². The predicted molar refractivity (Wildman–Crippen MR) is 91.7 cm³/mol. The highest BCUT2D eigenvalue weighted by molar-refractivity contribution is 8.01. The summed E-state index contributed by atoms with van der Waals surface area (Å²) in [5.41, 5.74) is 6.02. The summed E-state index contributed by atoms with van der Waals surface area (Å²) in [6.45, 7) is 2.67. The van der Waals surface area contributed by atoms with Crippen molar-refractivity contribution in [1.82, 2.24) is 9.88 Å². The van der Waals surface area contributed by atoms with Crippen LogP contribution < -0.4 is 5.73 Å². The Morgan fingerprint density at radius 2 is 2.25 bits per heavy atom. The van der Waals surface area contributed by atoms with Crippen molar-refractivity contribution in [3.8, 4) is 0 Å². The molecule has 1 fully saturated rings. The number of hydrogen-bond acceptors (Lipinski definition) is 7. The van der Waals surface area contributed by atoms with E-state index in [1.807, 2.05) is 0 Å². The fourth-order valence-electron chi connectivity index (χ4n) is 2.53. The summed E-state index contributed by atoms with van der Waals surface area (Å²) in [6.07, 6.45) is 2.57. The molecule has 0 aromatic carbocycles. The third-order valence-electron chi connectivity index (χ3n) is 3.63. The molecule has 1 atom stereocenters. The quantitative estimate of drug-likeness (QED) is 0.571. The van der Waals surface area contributed by atoms with Crippen LogP contribution in [0.5, 0.6) is 0 Å². The number of thiazole rings is 1. The molecule has 24 heavy (non-hydrogen) atoms. The Labute approximate surface area is 148 Å². The number of amides is 2. The number of aromatic nitrogens is 1. The molecule has 0 aliphatic carbocycles. The Morgan fingerprint density at radius 3 is 2.96 bits per heavy atom. The number of rotatable bonds is 7. The molecule has 2 N–H and O–H groups in total. The predicted octanol–water partition coefficient (Wildman–Crippen LogP) is 1.21. The molecule has 0 saturated carbocycles. The Hall–Kier alpha value is -1.61. The number of hydrogen-bond donors (Lipinski definition) is 1. The first-order valence-corrected chi connectivity index (χ1v) is 9.69. The summed E-state index contributed by atoms with van der Waals surface area (Å²) in [6, 6.07) is -0.498. The molecule has 132 valence electrons. The summed E-state index contributed by atoms with van der Waals surface area (Å²) in [4.78, 5) is 41.1. The topological polar surface area (TPSA) is 103 Å². The van der Waals surface area contributed by atoms with E-state index in [1.165, 1.54) is 23.1 Å². The van der Waals surface area contributed by atoms with Gasteiger partial charge >= 0.3 is 5.97 Å². The van der Waals surface area contributed by atoms with Gasteiger partial charge in [0.2, 0.25) is 11.8 Å². The molecule has 1 aliphatic rings. The molecule has 0 unspecified atom stereocenters. The molecule has 1 aromatic heterocycles. The molecule has 7 nitrogen and oxygen atoms in total. The Balaban J connectivity index is 1.86. The van der Waals surface area contributed by atoms with Crippen molar-refractivity contribution < 1.29 is 19.1 Å². The molecule has 1 saturated heterocycles. The first-order valence-electron chi connectivity index (χ1n) is 7.83. The van der Waals surface area contributed by atoms with E-state index in [1.54, 1.807) is 17.2 Å². The van der Waals surface area contributed by atoms with Crippen LogP contribution in [0.25, 0.3) is 0 Å². The molecule has 0 radical (unpaired) electrons. The highest BCUT2D eigenvalue weighted by Gasteiger charge is 2.30. The van der Waals surface area contributed by atoms with Gasteiger partial charge in [-0.1, -0.05) is 11.8 Å². The summed E-state index contributed by atoms with van der Waals surface area (Å²) >= 11 is 2.70. The zero-order valence-electron chi connectivity index (χ0n) is 13.5. The second kappa shape index (κ2) is 9.03. The van der Waals surface area contributed by atoms with E-state index in [4.69, 9.17) is 10.5 Å². The molecule has 0 bridgehead atoms. The molecular weight excluding hydrogens is 350 g/mol. The third-order valence-corrected chi connectivity index (χ3v) is 5.69. The number of nitrogens with two attached hydrogens (primary N) is 1. The van der Waals surface area contributed by atoms with Crippen molar-refractivity contribution in [2.24, 2.45) is 5.73 Å². The Bertz CT molecular complexity index is 605. The smallest absolute Gasteiger partial charge is 0.311 e. The van der Waals surface area contributed by atoms with Crippen molar-refractivity contribution in [3.05, 3.63) is 11.1 Å². The molecule has 1 aromatic rings. The highest BCUT2D eigenvalue weighted by atomic mass is 32.2. The summed E-state index contributed by atoms with van der Waals surface area (Å²) in [5, 5.41) is 1.79. The molecular formula is C15H21N3O4S2. The monoisotopic (exact) mass is 371 g/mol. The lowest BCUT2D eigenvalue weighted by molar-refractivity contribution is -0.142. The number of nitrogens with zero attached hydrogens (tertiary/aromatic N) is 2. The van der Waals surface area contributed by atoms with Crippen molar-refractivity contribution in [3.63, 3.8) is 0 Å². The largest absolute Gasteiger partial charge is 0.466 e. The van der Waals surface area contributed by atoms with Gasteiger partial charge in [0.1, 0.15) is 6.04 Å². The van der Waals surface area contributed by atoms with Crippen LogP contribution in [0.4, 0.5) is 0 Å². The van der Waals surface area contributed by atoms with E-state index in [2.05, 4.69) is 4.98 Å². The van der Waals surface area contributed by atoms with E-state index < -0.39 is 11.9 Å². The van der Waals surface area contributed by atoms with Gasteiger partial charge in [0, 0.05) is 11.9 Å². The molecule has 2 heterocycles. The van der Waals surface area contributed by atoms with Gasteiger partial charge in [-0.05, 0) is 26.2 Å². The van der Waals surface area contributed by atoms with Crippen LogP contribution >= 0.6 is 23.1 Å². The van der Waals surface area contributed by atoms with Gasteiger partial charge in [-0.2, -0.15) is 0 Å². The summed E-state index contributed by atoms with van der Waals surface area (Å²) in [7, 11) is 0. The minimum Gasteiger partial charge on any atom is -0.466 e. The number of primary amides is 1. The standard InChI is InChI=1S/C15H21N3O4S2/c1-2-22-13(20)7-10-8-23-15(17-10)24-9-12(19)18-6-4-3-5-11(18)14(16)21/h8,11H,2-7,9H2,1H3,(H2,16,21)/t11-/m1/s1. The van der Waals surface area contributed by atoms with Gasteiger partial charge in [-0.15, -0.1) is 11.3 Å². The molecule has 2 amide bonds. The number of ether oxygens (including phenoxy) is 1. The van der Waals surface area contributed by atoms with Crippen LogP contribution in [0, 0.1) is 0 Å². The zero-order valence-corrected chi connectivity index (χ0v) is 15.2. The fourth-order valence-corrected chi connectivity index (χ4v) is 4.26. The van der Waals surface area contributed by atoms with Crippen molar-refractivity contribution in [1.29, 1.82) is 0 Å². The Morgan fingerprint density at radius 1 is 1.46 bits per heavy atom. The van der Waals surface area contributed by atoms with Crippen LogP contribution in [0.15, 0.2) is 9.72 Å². The number of likely N-dealkylation sites (tertiary alicyclic amines) is 1.